The molecule has 0 amide bonds. The van der Waals surface area contributed by atoms with Crippen molar-refractivity contribution in [3.63, 3.8) is 0 Å². The molecule has 2 saturated heterocycles. The molecule has 2 aromatic carbocycles. The maximum absolute atomic E-state index is 9.38. The molecule has 5 rings (SSSR count). The van der Waals surface area contributed by atoms with Crippen molar-refractivity contribution in [2.24, 2.45) is 4.99 Å². The number of nitriles is 1. The van der Waals surface area contributed by atoms with Crippen molar-refractivity contribution >= 4 is 28.5 Å². The van der Waals surface area contributed by atoms with E-state index < -0.39 is 0 Å². The fraction of sp³-hybridized carbons (Fsp3) is 0.333. The molecular weight excluding hydrogens is 386 g/mol. The molecule has 7 nitrogen and oxygen atoms in total. The van der Waals surface area contributed by atoms with E-state index in [1.807, 2.05) is 49.5 Å². The van der Waals surface area contributed by atoms with Crippen LogP contribution in [0, 0.1) is 25.3 Å². The van der Waals surface area contributed by atoms with Crippen molar-refractivity contribution in [2.75, 3.05) is 29.4 Å². The molecule has 0 bridgehead atoms. The van der Waals surface area contributed by atoms with E-state index in [9.17, 15) is 5.26 Å². The van der Waals surface area contributed by atoms with Crippen LogP contribution in [-0.2, 0) is 0 Å². The van der Waals surface area contributed by atoms with E-state index in [0.29, 0.717) is 0 Å². The van der Waals surface area contributed by atoms with Crippen LogP contribution in [0.5, 0.6) is 0 Å². The molecule has 2 fully saturated rings. The summed E-state index contributed by atoms with van der Waals surface area (Å²) >= 11 is 0. The SMILES string of the molecule is Cc1ccccc1N1/C(=N/C#N)N2CCN(c3nc4ccccc4nc3C)CC2C1C. The molecule has 7 heteroatoms. The Morgan fingerprint density at radius 1 is 1.00 bits per heavy atom. The van der Waals surface area contributed by atoms with Gasteiger partial charge in [-0.3, -0.25) is 0 Å². The standard InChI is InChI=1S/C24H25N7/c1-16-8-4-7-11-21(16)31-18(3)22-14-29(12-13-30(22)24(31)26-15-25)23-17(2)27-19-9-5-6-10-20(19)28-23/h4-11,18,22H,12-14H2,1-3H3/b26-24+. The molecule has 1 aromatic heterocycles. The Morgan fingerprint density at radius 3 is 2.45 bits per heavy atom. The topological polar surface area (TPSA) is 71.7 Å². The first-order valence-corrected chi connectivity index (χ1v) is 10.6. The van der Waals surface area contributed by atoms with E-state index in [-0.39, 0.29) is 12.1 Å². The predicted molar refractivity (Wildman–Crippen MR) is 123 cm³/mol. The van der Waals surface area contributed by atoms with Crippen LogP contribution in [0.2, 0.25) is 0 Å². The van der Waals surface area contributed by atoms with Crippen LogP contribution in [0.3, 0.4) is 0 Å². The van der Waals surface area contributed by atoms with Crippen LogP contribution >= 0.6 is 0 Å². The molecule has 156 valence electrons. The van der Waals surface area contributed by atoms with Crippen molar-refractivity contribution < 1.29 is 0 Å². The molecular formula is C24H25N7. The van der Waals surface area contributed by atoms with Crippen molar-refractivity contribution in [1.29, 1.82) is 5.26 Å². The summed E-state index contributed by atoms with van der Waals surface area (Å²) < 4.78 is 0. The first-order valence-electron chi connectivity index (χ1n) is 10.6. The Labute approximate surface area is 182 Å². The second-order valence-electron chi connectivity index (χ2n) is 8.24. The minimum Gasteiger partial charge on any atom is -0.351 e. The molecule has 3 heterocycles. The minimum atomic E-state index is 0.171. The average Bonchev–Trinajstić information content (AvgIpc) is 3.05. The molecule has 2 atom stereocenters. The minimum absolute atomic E-state index is 0.171. The molecule has 0 radical (unpaired) electrons. The Morgan fingerprint density at radius 2 is 1.71 bits per heavy atom. The van der Waals surface area contributed by atoms with Crippen molar-refractivity contribution in [3.8, 4) is 6.19 Å². The number of fused-ring (bicyclic) bond motifs is 2. The number of aryl methyl sites for hydroxylation is 2. The summed E-state index contributed by atoms with van der Waals surface area (Å²) in [5.41, 5.74) is 5.06. The summed E-state index contributed by atoms with van der Waals surface area (Å²) in [5.74, 6) is 1.69. The maximum Gasteiger partial charge on any atom is 0.217 e. The molecule has 0 saturated carbocycles. The first kappa shape index (κ1) is 19.3. The predicted octanol–water partition coefficient (Wildman–Crippen LogP) is 3.48. The van der Waals surface area contributed by atoms with E-state index in [0.717, 1.165) is 53.8 Å². The Bertz CT molecular complexity index is 1210. The van der Waals surface area contributed by atoms with Gasteiger partial charge in [0.1, 0.15) is 0 Å². The van der Waals surface area contributed by atoms with Crippen LogP contribution in [-0.4, -0.2) is 52.5 Å². The van der Waals surface area contributed by atoms with Gasteiger partial charge < -0.3 is 14.7 Å². The van der Waals surface area contributed by atoms with Crippen LogP contribution in [0.4, 0.5) is 11.5 Å². The van der Waals surface area contributed by atoms with Crippen molar-refractivity contribution in [2.45, 2.75) is 32.9 Å². The number of rotatable bonds is 2. The van der Waals surface area contributed by atoms with E-state index in [1.165, 1.54) is 5.56 Å². The van der Waals surface area contributed by atoms with Crippen LogP contribution in [0.25, 0.3) is 11.0 Å². The Hall–Kier alpha value is -3.66. The molecule has 0 spiro atoms. The zero-order valence-electron chi connectivity index (χ0n) is 18.0. The van der Waals surface area contributed by atoms with Gasteiger partial charge in [-0.2, -0.15) is 5.26 Å². The van der Waals surface area contributed by atoms with Crippen LogP contribution < -0.4 is 9.80 Å². The summed E-state index contributed by atoms with van der Waals surface area (Å²) in [4.78, 5) is 20.8. The van der Waals surface area contributed by atoms with E-state index >= 15 is 0 Å². The first-order chi connectivity index (χ1) is 15.1. The lowest BCUT2D eigenvalue weighted by molar-refractivity contribution is 0.288. The van der Waals surface area contributed by atoms with Gasteiger partial charge in [0, 0.05) is 25.3 Å². The maximum atomic E-state index is 9.38. The number of guanidine groups is 1. The van der Waals surface area contributed by atoms with Crippen molar-refractivity contribution in [3.05, 3.63) is 59.8 Å². The summed E-state index contributed by atoms with van der Waals surface area (Å²) in [7, 11) is 0. The van der Waals surface area contributed by atoms with Gasteiger partial charge >= 0.3 is 0 Å². The number of para-hydroxylation sites is 3. The highest BCUT2D eigenvalue weighted by molar-refractivity contribution is 6.00. The zero-order valence-corrected chi connectivity index (χ0v) is 18.0. The number of aliphatic imine (C=N–C) groups is 1. The summed E-state index contributed by atoms with van der Waals surface area (Å²) in [6.07, 6.45) is 2.02. The van der Waals surface area contributed by atoms with Crippen LogP contribution in [0.15, 0.2) is 53.5 Å². The lowest BCUT2D eigenvalue weighted by atomic mass is 10.1. The number of piperazine rings is 1. The lowest BCUT2D eigenvalue weighted by Gasteiger charge is -2.39. The van der Waals surface area contributed by atoms with Gasteiger partial charge in [0.15, 0.2) is 5.82 Å². The molecule has 0 N–H and O–H groups in total. The highest BCUT2D eigenvalue weighted by Crippen LogP contribution is 2.34. The third-order valence-electron chi connectivity index (χ3n) is 6.40. The number of nitrogens with zero attached hydrogens (tertiary/aromatic N) is 7. The number of benzene rings is 2. The average molecular weight is 412 g/mol. The molecule has 0 aliphatic carbocycles. The summed E-state index contributed by atoms with van der Waals surface area (Å²) in [6, 6.07) is 16.7. The van der Waals surface area contributed by atoms with Gasteiger partial charge in [0.05, 0.1) is 28.8 Å². The summed E-state index contributed by atoms with van der Waals surface area (Å²) in [6.45, 7) is 8.74. The second kappa shape index (κ2) is 7.55. The molecule has 2 aliphatic heterocycles. The number of hydrogen-bond acceptors (Lipinski definition) is 5. The van der Waals surface area contributed by atoms with Crippen LogP contribution in [0.1, 0.15) is 18.2 Å². The fourth-order valence-electron chi connectivity index (χ4n) is 4.86. The molecule has 31 heavy (non-hydrogen) atoms. The van der Waals surface area contributed by atoms with E-state index in [4.69, 9.17) is 9.97 Å². The normalized spacial score (nSPS) is 22.1. The number of aromatic nitrogens is 2. The van der Waals surface area contributed by atoms with Gasteiger partial charge in [0.2, 0.25) is 12.2 Å². The third kappa shape index (κ3) is 3.15. The van der Waals surface area contributed by atoms with Gasteiger partial charge in [-0.1, -0.05) is 30.3 Å². The zero-order chi connectivity index (χ0) is 21.5. The smallest absolute Gasteiger partial charge is 0.217 e. The second-order valence-corrected chi connectivity index (χ2v) is 8.24. The third-order valence-corrected chi connectivity index (χ3v) is 6.40. The summed E-state index contributed by atoms with van der Waals surface area (Å²) in [5, 5.41) is 9.38. The number of anilines is 2. The fourth-order valence-corrected chi connectivity index (χ4v) is 4.86. The van der Waals surface area contributed by atoms with Gasteiger partial charge in [-0.05, 0) is 44.5 Å². The Kier molecular flexibility index (Phi) is 4.70. The largest absolute Gasteiger partial charge is 0.351 e. The van der Waals surface area contributed by atoms with Gasteiger partial charge in [-0.25, -0.2) is 9.97 Å². The quantitative estimate of drug-likeness (QED) is 0.601. The monoisotopic (exact) mass is 411 g/mol. The Balaban J connectivity index is 1.50. The van der Waals surface area contributed by atoms with Gasteiger partial charge in [-0.15, -0.1) is 4.99 Å². The highest BCUT2D eigenvalue weighted by atomic mass is 15.5. The van der Waals surface area contributed by atoms with E-state index in [2.05, 4.69) is 45.7 Å². The molecule has 3 aromatic rings. The number of hydrogen-bond donors (Lipinski definition) is 0. The molecule has 2 aliphatic rings. The van der Waals surface area contributed by atoms with Gasteiger partial charge in [0.25, 0.3) is 0 Å². The van der Waals surface area contributed by atoms with E-state index in [1.54, 1.807) is 0 Å². The lowest BCUT2D eigenvalue weighted by Crippen LogP contribution is -2.54. The highest BCUT2D eigenvalue weighted by Gasteiger charge is 2.46. The molecule has 2 unspecified atom stereocenters. The van der Waals surface area contributed by atoms with Crippen molar-refractivity contribution in [1.82, 2.24) is 14.9 Å².